The van der Waals surface area contributed by atoms with E-state index in [9.17, 15) is 5.11 Å². The molecule has 0 rings (SSSR count). The minimum absolute atomic E-state index is 0.288. The third-order valence-electron chi connectivity index (χ3n) is 2.46. The summed E-state index contributed by atoms with van der Waals surface area (Å²) in [5.74, 6) is 0.631. The SMILES string of the molecule is CC=CC(O)=CC=CCCCCCC=CC=C(C)O. The molecular formula is C17H26O2. The van der Waals surface area contributed by atoms with Crippen LogP contribution in [0.15, 0.2) is 60.1 Å². The van der Waals surface area contributed by atoms with Crippen LogP contribution < -0.4 is 0 Å². The zero-order valence-corrected chi connectivity index (χ0v) is 12.0. The molecule has 0 saturated carbocycles. The average Bonchev–Trinajstić information content (AvgIpc) is 2.36. The summed E-state index contributed by atoms with van der Waals surface area (Å²) in [4.78, 5) is 0. The molecule has 0 spiro atoms. The van der Waals surface area contributed by atoms with Crippen molar-refractivity contribution in [2.45, 2.75) is 46.0 Å². The molecule has 2 N–H and O–H groups in total. The molecule has 0 radical (unpaired) electrons. The van der Waals surface area contributed by atoms with Gasteiger partial charge in [-0.15, -0.1) is 0 Å². The fourth-order valence-electron chi connectivity index (χ4n) is 1.49. The van der Waals surface area contributed by atoms with Crippen LogP contribution in [0.4, 0.5) is 0 Å². The molecule has 0 aliphatic rings. The Hall–Kier alpha value is -1.70. The maximum atomic E-state index is 9.30. The van der Waals surface area contributed by atoms with E-state index < -0.39 is 0 Å². The molecule has 0 fully saturated rings. The highest BCUT2D eigenvalue weighted by Crippen LogP contribution is 2.05. The van der Waals surface area contributed by atoms with Crippen LogP contribution in [-0.4, -0.2) is 10.2 Å². The van der Waals surface area contributed by atoms with E-state index in [0.29, 0.717) is 5.76 Å². The van der Waals surface area contributed by atoms with E-state index in [1.54, 1.807) is 31.2 Å². The molecule has 0 aromatic heterocycles. The summed E-state index contributed by atoms with van der Waals surface area (Å²) < 4.78 is 0. The Bertz CT molecular complexity index is 353. The standard InChI is InChI=1S/C17H26O2/c1-3-13-17(19)15-12-10-8-6-4-5-7-9-11-14-16(2)18/h3,9-15,18-19H,4-8H2,1-2H3. The van der Waals surface area contributed by atoms with Crippen LogP contribution >= 0.6 is 0 Å². The van der Waals surface area contributed by atoms with Crippen molar-refractivity contribution in [3.05, 3.63) is 60.1 Å². The topological polar surface area (TPSA) is 40.5 Å². The van der Waals surface area contributed by atoms with Gasteiger partial charge in [0.1, 0.15) is 5.76 Å². The molecule has 2 nitrogen and oxygen atoms in total. The molecule has 0 amide bonds. The first-order chi connectivity index (χ1) is 9.16. The summed E-state index contributed by atoms with van der Waals surface area (Å²) in [5.41, 5.74) is 0. The molecule has 0 atom stereocenters. The molecule has 0 aliphatic carbocycles. The lowest BCUT2D eigenvalue weighted by Crippen LogP contribution is -1.75. The van der Waals surface area contributed by atoms with Crippen LogP contribution in [0.1, 0.15) is 46.0 Å². The van der Waals surface area contributed by atoms with Crippen molar-refractivity contribution in [2.75, 3.05) is 0 Å². The Kier molecular flexibility index (Phi) is 11.6. The summed E-state index contributed by atoms with van der Waals surface area (Å²) in [5, 5.41) is 18.2. The van der Waals surface area contributed by atoms with E-state index in [1.807, 2.05) is 19.1 Å². The quantitative estimate of drug-likeness (QED) is 0.326. The first-order valence-corrected chi connectivity index (χ1v) is 6.87. The van der Waals surface area contributed by atoms with Crippen molar-refractivity contribution in [2.24, 2.45) is 0 Å². The fourth-order valence-corrected chi connectivity index (χ4v) is 1.49. The lowest BCUT2D eigenvalue weighted by Gasteiger charge is -1.94. The molecule has 0 aromatic rings. The Morgan fingerprint density at radius 1 is 0.895 bits per heavy atom. The summed E-state index contributed by atoms with van der Waals surface area (Å²) in [6.07, 6.45) is 20.4. The molecule has 19 heavy (non-hydrogen) atoms. The molecule has 0 unspecified atom stereocenters. The van der Waals surface area contributed by atoms with Gasteiger partial charge in [-0.1, -0.05) is 36.8 Å². The number of unbranched alkanes of at least 4 members (excludes halogenated alkanes) is 4. The number of rotatable bonds is 9. The van der Waals surface area contributed by atoms with Crippen LogP contribution in [0.5, 0.6) is 0 Å². The maximum Gasteiger partial charge on any atom is 0.115 e. The number of hydrogen-bond donors (Lipinski definition) is 2. The predicted molar refractivity (Wildman–Crippen MR) is 83.3 cm³/mol. The van der Waals surface area contributed by atoms with Gasteiger partial charge in [-0.05, 0) is 57.8 Å². The van der Waals surface area contributed by atoms with Gasteiger partial charge in [0.15, 0.2) is 0 Å². The second kappa shape index (κ2) is 12.7. The van der Waals surface area contributed by atoms with Crippen molar-refractivity contribution in [1.82, 2.24) is 0 Å². The van der Waals surface area contributed by atoms with E-state index in [4.69, 9.17) is 5.11 Å². The van der Waals surface area contributed by atoms with Gasteiger partial charge in [-0.2, -0.15) is 0 Å². The monoisotopic (exact) mass is 262 g/mol. The molecule has 2 heteroatoms. The van der Waals surface area contributed by atoms with Gasteiger partial charge in [0.05, 0.1) is 5.76 Å². The van der Waals surface area contributed by atoms with E-state index in [2.05, 4.69) is 12.2 Å². The van der Waals surface area contributed by atoms with Crippen LogP contribution in [0.2, 0.25) is 0 Å². The van der Waals surface area contributed by atoms with Crippen LogP contribution in [-0.2, 0) is 0 Å². The first-order valence-electron chi connectivity index (χ1n) is 6.87. The van der Waals surface area contributed by atoms with Crippen molar-refractivity contribution < 1.29 is 10.2 Å². The molecule has 0 aromatic carbocycles. The highest BCUT2D eigenvalue weighted by atomic mass is 16.3. The highest BCUT2D eigenvalue weighted by Gasteiger charge is 1.86. The first kappa shape index (κ1) is 17.3. The minimum Gasteiger partial charge on any atom is -0.513 e. The molecule has 0 saturated heterocycles. The lowest BCUT2D eigenvalue weighted by molar-refractivity contribution is 0.414. The van der Waals surface area contributed by atoms with Crippen LogP contribution in [0.25, 0.3) is 0 Å². The Morgan fingerprint density at radius 3 is 2.00 bits per heavy atom. The predicted octanol–water partition coefficient (Wildman–Crippen LogP) is 5.53. The second-order valence-corrected chi connectivity index (χ2v) is 4.39. The third-order valence-corrected chi connectivity index (χ3v) is 2.46. The van der Waals surface area contributed by atoms with Gasteiger partial charge in [0.2, 0.25) is 0 Å². The van der Waals surface area contributed by atoms with E-state index in [0.717, 1.165) is 19.3 Å². The van der Waals surface area contributed by atoms with Gasteiger partial charge >= 0.3 is 0 Å². The minimum atomic E-state index is 0.288. The zero-order valence-electron chi connectivity index (χ0n) is 12.0. The summed E-state index contributed by atoms with van der Waals surface area (Å²) >= 11 is 0. The molecule has 0 bridgehead atoms. The molecular weight excluding hydrogens is 236 g/mol. The Labute approximate surface area is 117 Å². The van der Waals surface area contributed by atoms with Crippen LogP contribution in [0.3, 0.4) is 0 Å². The third kappa shape index (κ3) is 14.2. The Balaban J connectivity index is 3.51. The van der Waals surface area contributed by atoms with E-state index in [1.165, 1.54) is 12.8 Å². The Morgan fingerprint density at radius 2 is 1.47 bits per heavy atom. The van der Waals surface area contributed by atoms with Gasteiger partial charge in [-0.25, -0.2) is 0 Å². The van der Waals surface area contributed by atoms with Crippen LogP contribution in [0, 0.1) is 0 Å². The maximum absolute atomic E-state index is 9.30. The second-order valence-electron chi connectivity index (χ2n) is 4.39. The van der Waals surface area contributed by atoms with Gasteiger partial charge in [-0.3, -0.25) is 0 Å². The molecule has 106 valence electrons. The molecule has 0 heterocycles. The van der Waals surface area contributed by atoms with Gasteiger partial charge in [0.25, 0.3) is 0 Å². The smallest absolute Gasteiger partial charge is 0.115 e. The van der Waals surface area contributed by atoms with E-state index >= 15 is 0 Å². The van der Waals surface area contributed by atoms with Crippen molar-refractivity contribution in [1.29, 1.82) is 0 Å². The average molecular weight is 262 g/mol. The molecule has 0 aliphatic heterocycles. The zero-order chi connectivity index (χ0) is 14.3. The number of hydrogen-bond acceptors (Lipinski definition) is 2. The summed E-state index contributed by atoms with van der Waals surface area (Å²) in [6, 6.07) is 0. The normalized spacial score (nSPS) is 14.2. The number of aliphatic hydroxyl groups is 2. The van der Waals surface area contributed by atoms with Crippen molar-refractivity contribution in [3.63, 3.8) is 0 Å². The fraction of sp³-hybridized carbons (Fsp3) is 0.412. The number of aliphatic hydroxyl groups excluding tert-OH is 2. The van der Waals surface area contributed by atoms with Crippen molar-refractivity contribution in [3.8, 4) is 0 Å². The highest BCUT2D eigenvalue weighted by molar-refractivity contribution is 5.16. The summed E-state index contributed by atoms with van der Waals surface area (Å²) in [7, 11) is 0. The largest absolute Gasteiger partial charge is 0.513 e. The number of allylic oxidation sites excluding steroid dienone is 9. The summed E-state index contributed by atoms with van der Waals surface area (Å²) in [6.45, 7) is 3.54. The van der Waals surface area contributed by atoms with Gasteiger partial charge < -0.3 is 10.2 Å². The van der Waals surface area contributed by atoms with Gasteiger partial charge in [0, 0.05) is 0 Å². The van der Waals surface area contributed by atoms with E-state index in [-0.39, 0.29) is 5.76 Å². The van der Waals surface area contributed by atoms with Crippen molar-refractivity contribution >= 4 is 0 Å². The lowest BCUT2D eigenvalue weighted by atomic mass is 10.1.